The summed E-state index contributed by atoms with van der Waals surface area (Å²) in [6.07, 6.45) is 5.74. The quantitative estimate of drug-likeness (QED) is 0.676. The lowest BCUT2D eigenvalue weighted by molar-refractivity contribution is -0.129. The van der Waals surface area contributed by atoms with Crippen LogP contribution in [0, 0.1) is 0 Å². The van der Waals surface area contributed by atoms with Crippen molar-refractivity contribution in [2.75, 3.05) is 6.54 Å². The van der Waals surface area contributed by atoms with Crippen LogP contribution in [0.4, 0.5) is 0 Å². The maximum absolute atomic E-state index is 11.3. The predicted molar refractivity (Wildman–Crippen MR) is 53.6 cm³/mol. The Bertz CT molecular complexity index is 323. The van der Waals surface area contributed by atoms with E-state index in [-0.39, 0.29) is 11.9 Å². The van der Waals surface area contributed by atoms with E-state index in [2.05, 4.69) is 4.98 Å². The Morgan fingerprint density at radius 2 is 2.21 bits per heavy atom. The number of hydrogen-bond acceptors (Lipinski definition) is 2. The van der Waals surface area contributed by atoms with Gasteiger partial charge in [0.2, 0.25) is 5.91 Å². The molecule has 0 aliphatic carbocycles. The zero-order chi connectivity index (χ0) is 9.97. The van der Waals surface area contributed by atoms with Crippen LogP contribution in [0.15, 0.2) is 24.5 Å². The molecule has 0 radical (unpaired) electrons. The highest BCUT2D eigenvalue weighted by atomic mass is 16.2. The summed E-state index contributed by atoms with van der Waals surface area (Å²) in [6, 6.07) is 4.26. The molecular weight excluding hydrogens is 176 g/mol. The van der Waals surface area contributed by atoms with Crippen molar-refractivity contribution in [1.29, 1.82) is 0 Å². The average Bonchev–Trinajstić information content (AvgIpc) is 2.67. The van der Waals surface area contributed by atoms with Gasteiger partial charge < -0.3 is 4.90 Å². The van der Waals surface area contributed by atoms with Crippen molar-refractivity contribution in [2.45, 2.75) is 25.8 Å². The summed E-state index contributed by atoms with van der Waals surface area (Å²) in [5.41, 5.74) is 1.20. The topological polar surface area (TPSA) is 33.2 Å². The third-order valence-corrected chi connectivity index (χ3v) is 2.75. The molecule has 1 amide bonds. The lowest BCUT2D eigenvalue weighted by Crippen LogP contribution is -2.27. The third-order valence-electron chi connectivity index (χ3n) is 2.75. The van der Waals surface area contributed by atoms with E-state index in [9.17, 15) is 4.79 Å². The molecule has 2 rings (SSSR count). The van der Waals surface area contributed by atoms with Crippen molar-refractivity contribution in [3.8, 4) is 0 Å². The maximum atomic E-state index is 11.3. The highest BCUT2D eigenvalue weighted by Crippen LogP contribution is 2.31. The molecule has 74 valence electrons. The van der Waals surface area contributed by atoms with Crippen molar-refractivity contribution in [3.63, 3.8) is 0 Å². The highest BCUT2D eigenvalue weighted by Gasteiger charge is 2.27. The molecule has 0 bridgehead atoms. The second-order valence-electron chi connectivity index (χ2n) is 3.65. The smallest absolute Gasteiger partial charge is 0.219 e. The maximum Gasteiger partial charge on any atom is 0.219 e. The third kappa shape index (κ3) is 1.62. The Labute approximate surface area is 83.8 Å². The van der Waals surface area contributed by atoms with E-state index < -0.39 is 0 Å². The molecule has 1 atom stereocenters. The monoisotopic (exact) mass is 190 g/mol. The van der Waals surface area contributed by atoms with Crippen LogP contribution < -0.4 is 0 Å². The van der Waals surface area contributed by atoms with Crippen molar-refractivity contribution in [1.82, 2.24) is 9.88 Å². The minimum Gasteiger partial charge on any atom is -0.336 e. The largest absolute Gasteiger partial charge is 0.336 e. The second-order valence-corrected chi connectivity index (χ2v) is 3.65. The van der Waals surface area contributed by atoms with Crippen LogP contribution in [0.2, 0.25) is 0 Å². The van der Waals surface area contributed by atoms with Gasteiger partial charge in [-0.2, -0.15) is 0 Å². The molecule has 1 aliphatic rings. The van der Waals surface area contributed by atoms with E-state index in [4.69, 9.17) is 0 Å². The fourth-order valence-corrected chi connectivity index (χ4v) is 2.08. The van der Waals surface area contributed by atoms with Gasteiger partial charge >= 0.3 is 0 Å². The lowest BCUT2D eigenvalue weighted by Gasteiger charge is -2.23. The number of aromatic nitrogens is 1. The number of carbonyl (C=O) groups is 1. The van der Waals surface area contributed by atoms with E-state index >= 15 is 0 Å². The van der Waals surface area contributed by atoms with Crippen molar-refractivity contribution >= 4 is 5.91 Å². The Hall–Kier alpha value is -1.38. The summed E-state index contributed by atoms with van der Waals surface area (Å²) in [7, 11) is 0. The summed E-state index contributed by atoms with van der Waals surface area (Å²) in [5, 5.41) is 0. The Balaban J connectivity index is 2.22. The summed E-state index contributed by atoms with van der Waals surface area (Å²) in [6.45, 7) is 2.53. The average molecular weight is 190 g/mol. The molecule has 0 saturated carbocycles. The van der Waals surface area contributed by atoms with Gasteiger partial charge in [0.1, 0.15) is 0 Å². The molecule has 0 unspecified atom stereocenters. The molecule has 1 saturated heterocycles. The first-order valence-electron chi connectivity index (χ1n) is 4.96. The van der Waals surface area contributed by atoms with Crippen LogP contribution in [-0.4, -0.2) is 22.3 Å². The first kappa shape index (κ1) is 9.19. The van der Waals surface area contributed by atoms with Crippen molar-refractivity contribution in [2.24, 2.45) is 0 Å². The lowest BCUT2D eigenvalue weighted by atomic mass is 10.1. The van der Waals surface area contributed by atoms with Gasteiger partial charge in [-0.3, -0.25) is 9.78 Å². The van der Waals surface area contributed by atoms with E-state index in [0.717, 1.165) is 19.4 Å². The molecule has 1 aliphatic heterocycles. The summed E-state index contributed by atoms with van der Waals surface area (Å²) >= 11 is 0. The van der Waals surface area contributed by atoms with Gasteiger partial charge in [0, 0.05) is 25.9 Å². The predicted octanol–water partition coefficient (Wildman–Crippen LogP) is 1.77. The number of rotatable bonds is 1. The van der Waals surface area contributed by atoms with Crippen LogP contribution in [0.3, 0.4) is 0 Å². The number of hydrogen-bond donors (Lipinski definition) is 0. The van der Waals surface area contributed by atoms with Gasteiger partial charge in [0.05, 0.1) is 6.04 Å². The molecular formula is C11H14N2O. The number of amides is 1. The van der Waals surface area contributed by atoms with Crippen molar-refractivity contribution in [3.05, 3.63) is 30.1 Å². The van der Waals surface area contributed by atoms with E-state index in [1.807, 2.05) is 17.0 Å². The molecule has 0 N–H and O–H groups in total. The highest BCUT2D eigenvalue weighted by molar-refractivity contribution is 5.74. The molecule has 0 aromatic carbocycles. The molecule has 3 nitrogen and oxygen atoms in total. The summed E-state index contributed by atoms with van der Waals surface area (Å²) in [4.78, 5) is 17.3. The van der Waals surface area contributed by atoms with Gasteiger partial charge in [-0.25, -0.2) is 0 Å². The molecule has 1 fully saturated rings. The number of pyridine rings is 1. The molecule has 1 aromatic rings. The molecule has 3 heteroatoms. The van der Waals surface area contributed by atoms with Gasteiger partial charge in [-0.05, 0) is 30.5 Å². The Morgan fingerprint density at radius 1 is 1.50 bits per heavy atom. The second kappa shape index (κ2) is 3.78. The molecule has 2 heterocycles. The van der Waals surface area contributed by atoms with Crippen LogP contribution >= 0.6 is 0 Å². The van der Waals surface area contributed by atoms with Crippen molar-refractivity contribution < 1.29 is 4.79 Å². The van der Waals surface area contributed by atoms with Gasteiger partial charge in [0.15, 0.2) is 0 Å². The molecule has 0 spiro atoms. The Morgan fingerprint density at radius 3 is 2.86 bits per heavy atom. The first-order chi connectivity index (χ1) is 6.79. The number of likely N-dealkylation sites (tertiary alicyclic amines) is 1. The van der Waals surface area contributed by atoms with E-state index in [0.29, 0.717) is 0 Å². The molecule has 1 aromatic heterocycles. The zero-order valence-electron chi connectivity index (χ0n) is 8.31. The normalized spacial score (nSPS) is 21.2. The fraction of sp³-hybridized carbons (Fsp3) is 0.455. The first-order valence-corrected chi connectivity index (χ1v) is 4.96. The van der Waals surface area contributed by atoms with Crippen LogP contribution in [-0.2, 0) is 4.79 Å². The van der Waals surface area contributed by atoms with Gasteiger partial charge in [-0.1, -0.05) is 0 Å². The summed E-state index contributed by atoms with van der Waals surface area (Å²) in [5.74, 6) is 0.171. The SMILES string of the molecule is CC(=O)N1CCC[C@@H]1c1ccncc1. The minimum atomic E-state index is 0.171. The van der Waals surface area contributed by atoms with Gasteiger partial charge in [-0.15, -0.1) is 0 Å². The molecule has 14 heavy (non-hydrogen) atoms. The minimum absolute atomic E-state index is 0.171. The number of nitrogens with zero attached hydrogens (tertiary/aromatic N) is 2. The fourth-order valence-electron chi connectivity index (χ4n) is 2.08. The van der Waals surface area contributed by atoms with Gasteiger partial charge in [0.25, 0.3) is 0 Å². The van der Waals surface area contributed by atoms with E-state index in [1.165, 1.54) is 5.56 Å². The zero-order valence-corrected chi connectivity index (χ0v) is 8.31. The summed E-state index contributed by atoms with van der Waals surface area (Å²) < 4.78 is 0. The number of carbonyl (C=O) groups excluding carboxylic acids is 1. The van der Waals surface area contributed by atoms with Crippen LogP contribution in [0.25, 0.3) is 0 Å². The standard InChI is InChI=1S/C11H14N2O/c1-9(14)13-8-2-3-11(13)10-4-6-12-7-5-10/h4-7,11H,2-3,8H2,1H3/t11-/m1/s1. The Kier molecular flexibility index (Phi) is 2.48. The van der Waals surface area contributed by atoms with E-state index in [1.54, 1.807) is 19.3 Å². The van der Waals surface area contributed by atoms with Crippen LogP contribution in [0.1, 0.15) is 31.4 Å². The van der Waals surface area contributed by atoms with Crippen LogP contribution in [0.5, 0.6) is 0 Å².